The first-order valence-corrected chi connectivity index (χ1v) is 8.59. The number of nitrogens with one attached hydrogen (secondary N) is 1. The third-order valence-corrected chi connectivity index (χ3v) is 4.30. The average Bonchev–Trinajstić information content (AvgIpc) is 3.24. The lowest BCUT2D eigenvalue weighted by Gasteiger charge is -2.12. The van der Waals surface area contributed by atoms with Gasteiger partial charge in [-0.3, -0.25) is 4.68 Å². The van der Waals surface area contributed by atoms with E-state index < -0.39 is 0 Å². The monoisotopic (exact) mass is 346 g/mol. The quantitative estimate of drug-likeness (QED) is 0.680. The van der Waals surface area contributed by atoms with Crippen LogP contribution in [0.3, 0.4) is 0 Å². The molecule has 1 atom stereocenters. The SMILES string of the molecule is C[C@H](Cn1cccn1)NCc1csc(COc2ccc(F)cc2)n1. The molecule has 1 N–H and O–H groups in total. The van der Waals surface area contributed by atoms with Gasteiger partial charge in [0.15, 0.2) is 0 Å². The zero-order valence-electron chi connectivity index (χ0n) is 13.4. The molecule has 0 amide bonds. The van der Waals surface area contributed by atoms with Crippen molar-refractivity contribution in [2.75, 3.05) is 0 Å². The van der Waals surface area contributed by atoms with Crippen molar-refractivity contribution in [3.05, 3.63) is 64.6 Å². The number of benzene rings is 1. The van der Waals surface area contributed by atoms with Crippen LogP contribution in [0, 0.1) is 5.82 Å². The van der Waals surface area contributed by atoms with Crippen molar-refractivity contribution in [3.63, 3.8) is 0 Å². The molecule has 0 aliphatic heterocycles. The first kappa shape index (κ1) is 16.6. The molecule has 0 bridgehead atoms. The molecule has 2 aromatic heterocycles. The highest BCUT2D eigenvalue weighted by atomic mass is 32.1. The average molecular weight is 346 g/mol. The van der Waals surface area contributed by atoms with Crippen LogP contribution in [0.15, 0.2) is 48.1 Å². The molecule has 0 aliphatic carbocycles. The minimum Gasteiger partial charge on any atom is -0.486 e. The second-order valence-electron chi connectivity index (χ2n) is 5.49. The maximum Gasteiger partial charge on any atom is 0.140 e. The third kappa shape index (κ3) is 4.87. The number of aromatic nitrogens is 3. The minimum absolute atomic E-state index is 0.269. The Labute approximate surface area is 144 Å². The molecule has 24 heavy (non-hydrogen) atoms. The molecule has 0 spiro atoms. The summed E-state index contributed by atoms with van der Waals surface area (Å²) in [6.45, 7) is 4.03. The normalized spacial score (nSPS) is 12.2. The van der Waals surface area contributed by atoms with Crippen LogP contribution in [0.4, 0.5) is 4.39 Å². The lowest BCUT2D eigenvalue weighted by Crippen LogP contribution is -2.30. The van der Waals surface area contributed by atoms with E-state index in [-0.39, 0.29) is 5.82 Å². The number of nitrogens with zero attached hydrogens (tertiary/aromatic N) is 3. The van der Waals surface area contributed by atoms with Crippen LogP contribution in [0.1, 0.15) is 17.6 Å². The van der Waals surface area contributed by atoms with E-state index in [9.17, 15) is 4.39 Å². The van der Waals surface area contributed by atoms with Crippen LogP contribution >= 0.6 is 11.3 Å². The smallest absolute Gasteiger partial charge is 0.140 e. The summed E-state index contributed by atoms with van der Waals surface area (Å²) in [4.78, 5) is 4.55. The summed E-state index contributed by atoms with van der Waals surface area (Å²) >= 11 is 1.56. The van der Waals surface area contributed by atoms with E-state index in [2.05, 4.69) is 22.3 Å². The summed E-state index contributed by atoms with van der Waals surface area (Å²) in [5, 5.41) is 10.6. The van der Waals surface area contributed by atoms with Crippen molar-refractivity contribution in [2.45, 2.75) is 32.7 Å². The van der Waals surface area contributed by atoms with Crippen molar-refractivity contribution < 1.29 is 9.13 Å². The topological polar surface area (TPSA) is 52.0 Å². The molecule has 0 aliphatic rings. The second kappa shape index (κ2) is 8.03. The molecule has 7 heteroatoms. The molecule has 1 aromatic carbocycles. The summed E-state index contributed by atoms with van der Waals surface area (Å²) in [6, 6.07) is 8.21. The Kier molecular flexibility index (Phi) is 5.55. The molecule has 0 fully saturated rings. The molecule has 3 rings (SSSR count). The lowest BCUT2D eigenvalue weighted by molar-refractivity contribution is 0.304. The first-order chi connectivity index (χ1) is 11.7. The molecule has 0 radical (unpaired) electrons. The van der Waals surface area contributed by atoms with E-state index in [1.165, 1.54) is 12.1 Å². The van der Waals surface area contributed by atoms with Crippen molar-refractivity contribution in [1.29, 1.82) is 0 Å². The van der Waals surface area contributed by atoms with Gasteiger partial charge in [0.05, 0.1) is 12.2 Å². The van der Waals surface area contributed by atoms with Gasteiger partial charge >= 0.3 is 0 Å². The number of hydrogen-bond donors (Lipinski definition) is 1. The molecular weight excluding hydrogens is 327 g/mol. The number of thiazole rings is 1. The van der Waals surface area contributed by atoms with Crippen LogP contribution in [-0.4, -0.2) is 20.8 Å². The Morgan fingerprint density at radius 1 is 1.33 bits per heavy atom. The van der Waals surface area contributed by atoms with E-state index in [1.807, 2.05) is 22.3 Å². The molecule has 126 valence electrons. The van der Waals surface area contributed by atoms with E-state index in [1.54, 1.807) is 29.7 Å². The van der Waals surface area contributed by atoms with Crippen LogP contribution in [0.25, 0.3) is 0 Å². The van der Waals surface area contributed by atoms with Crippen molar-refractivity contribution in [1.82, 2.24) is 20.1 Å². The fourth-order valence-electron chi connectivity index (χ4n) is 2.20. The first-order valence-electron chi connectivity index (χ1n) is 7.71. The van der Waals surface area contributed by atoms with Crippen LogP contribution in [0.5, 0.6) is 5.75 Å². The van der Waals surface area contributed by atoms with Gasteiger partial charge in [-0.05, 0) is 37.3 Å². The molecule has 3 aromatic rings. The number of ether oxygens (including phenoxy) is 1. The van der Waals surface area contributed by atoms with Crippen molar-refractivity contribution >= 4 is 11.3 Å². The largest absolute Gasteiger partial charge is 0.486 e. The van der Waals surface area contributed by atoms with Gasteiger partial charge in [0.25, 0.3) is 0 Å². The van der Waals surface area contributed by atoms with Crippen LogP contribution < -0.4 is 10.1 Å². The summed E-state index contributed by atoms with van der Waals surface area (Å²) in [6.07, 6.45) is 3.73. The predicted molar refractivity (Wildman–Crippen MR) is 91.4 cm³/mol. The zero-order chi connectivity index (χ0) is 16.8. The third-order valence-electron chi connectivity index (χ3n) is 3.43. The van der Waals surface area contributed by atoms with Gasteiger partial charge in [0.1, 0.15) is 23.2 Å². The van der Waals surface area contributed by atoms with Gasteiger partial charge < -0.3 is 10.1 Å². The Morgan fingerprint density at radius 2 is 2.17 bits per heavy atom. The van der Waals surface area contributed by atoms with Gasteiger partial charge in [-0.2, -0.15) is 5.10 Å². The van der Waals surface area contributed by atoms with E-state index >= 15 is 0 Å². The molecule has 5 nitrogen and oxygen atoms in total. The molecule has 2 heterocycles. The van der Waals surface area contributed by atoms with E-state index in [0.29, 0.717) is 24.9 Å². The maximum absolute atomic E-state index is 12.8. The molecule has 0 unspecified atom stereocenters. The summed E-state index contributed by atoms with van der Waals surface area (Å²) in [5.74, 6) is 0.369. The van der Waals surface area contributed by atoms with Crippen molar-refractivity contribution in [2.24, 2.45) is 0 Å². The second-order valence-corrected chi connectivity index (χ2v) is 6.43. The van der Waals surface area contributed by atoms with Gasteiger partial charge in [0.2, 0.25) is 0 Å². The molecular formula is C17H19FN4OS. The number of halogens is 1. The Morgan fingerprint density at radius 3 is 2.92 bits per heavy atom. The molecule has 0 saturated heterocycles. The minimum atomic E-state index is -0.269. The van der Waals surface area contributed by atoms with Gasteiger partial charge in [-0.1, -0.05) is 0 Å². The highest BCUT2D eigenvalue weighted by Gasteiger charge is 2.06. The number of rotatable bonds is 8. The Bertz CT molecular complexity index is 742. The maximum atomic E-state index is 12.8. The van der Waals surface area contributed by atoms with Gasteiger partial charge in [-0.15, -0.1) is 11.3 Å². The summed E-state index contributed by atoms with van der Waals surface area (Å²) < 4.78 is 20.4. The van der Waals surface area contributed by atoms with Gasteiger partial charge in [0, 0.05) is 30.4 Å². The molecule has 0 saturated carbocycles. The highest BCUT2D eigenvalue weighted by molar-refractivity contribution is 7.09. The standard InChI is InChI=1S/C17H19FN4OS/c1-13(10-22-8-2-7-20-22)19-9-15-12-24-17(21-15)11-23-16-5-3-14(18)4-6-16/h2-8,12-13,19H,9-11H2,1H3/t13-/m1/s1. The fraction of sp³-hybridized carbons (Fsp3) is 0.294. The summed E-state index contributed by atoms with van der Waals surface area (Å²) in [5.41, 5.74) is 0.991. The highest BCUT2D eigenvalue weighted by Crippen LogP contribution is 2.16. The van der Waals surface area contributed by atoms with Gasteiger partial charge in [-0.25, -0.2) is 9.37 Å². The fourth-order valence-corrected chi connectivity index (χ4v) is 2.91. The Balaban J connectivity index is 1.44. The Hall–Kier alpha value is -2.25. The van der Waals surface area contributed by atoms with Crippen LogP contribution in [-0.2, 0) is 19.7 Å². The summed E-state index contributed by atoms with van der Waals surface area (Å²) in [7, 11) is 0. The lowest BCUT2D eigenvalue weighted by atomic mass is 10.3. The zero-order valence-corrected chi connectivity index (χ0v) is 14.2. The van der Waals surface area contributed by atoms with Crippen LogP contribution in [0.2, 0.25) is 0 Å². The number of hydrogen-bond acceptors (Lipinski definition) is 5. The van der Waals surface area contributed by atoms with E-state index in [0.717, 1.165) is 17.2 Å². The predicted octanol–water partition coefficient (Wildman–Crippen LogP) is 3.24. The van der Waals surface area contributed by atoms with Crippen molar-refractivity contribution in [3.8, 4) is 5.75 Å². The van der Waals surface area contributed by atoms with E-state index in [4.69, 9.17) is 4.74 Å².